The van der Waals surface area contributed by atoms with Crippen molar-refractivity contribution < 1.29 is 0 Å². The summed E-state index contributed by atoms with van der Waals surface area (Å²) in [4.78, 5) is 0. The molecule has 0 aromatic rings. The first-order chi connectivity index (χ1) is 6.74. The normalized spacial score (nSPS) is 37.9. The number of hydrogen-bond acceptors (Lipinski definition) is 2. The Kier molecular flexibility index (Phi) is 2.20. The fourth-order valence-electron chi connectivity index (χ4n) is 3.45. The van der Waals surface area contributed by atoms with Crippen molar-refractivity contribution in [3.05, 3.63) is 12.3 Å². The molecule has 3 fully saturated rings. The summed E-state index contributed by atoms with van der Waals surface area (Å²) in [5.41, 5.74) is 2.43. The van der Waals surface area contributed by atoms with Gasteiger partial charge in [-0.25, -0.2) is 0 Å². The molecule has 0 amide bonds. The van der Waals surface area contributed by atoms with E-state index in [1.807, 2.05) is 6.92 Å². The highest BCUT2D eigenvalue weighted by Gasteiger charge is 2.67. The molecule has 0 heterocycles. The molecule has 3 saturated carbocycles. The molecule has 0 aromatic heterocycles. The van der Waals surface area contributed by atoms with Gasteiger partial charge in [-0.1, -0.05) is 6.58 Å². The Balaban J connectivity index is 1.78. The second kappa shape index (κ2) is 3.00. The Morgan fingerprint density at radius 2 is 1.80 bits per heavy atom. The lowest BCUT2D eigenvalue weighted by Gasteiger charge is -2.72. The third-order valence-corrected chi connectivity index (χ3v) is 3.55. The lowest BCUT2D eigenvalue weighted by molar-refractivity contribution is -0.160. The molecular formula is C13H24N2. The average molecular weight is 208 g/mol. The van der Waals surface area contributed by atoms with Crippen LogP contribution in [0.15, 0.2) is 12.3 Å². The molecule has 0 unspecified atom stereocenters. The van der Waals surface area contributed by atoms with E-state index in [4.69, 9.17) is 0 Å². The van der Waals surface area contributed by atoms with Gasteiger partial charge in [0.2, 0.25) is 0 Å². The summed E-state index contributed by atoms with van der Waals surface area (Å²) < 4.78 is 0. The van der Waals surface area contributed by atoms with Gasteiger partial charge in [-0.05, 0) is 52.4 Å². The molecule has 3 aliphatic rings. The average Bonchev–Trinajstić information content (AvgIpc) is 1.88. The molecule has 2 heteroatoms. The molecule has 2 N–H and O–H groups in total. The van der Waals surface area contributed by atoms with Crippen LogP contribution >= 0.6 is 0 Å². The molecule has 15 heavy (non-hydrogen) atoms. The highest BCUT2D eigenvalue weighted by atomic mass is 15.1. The lowest BCUT2D eigenvalue weighted by atomic mass is 9.39. The number of hydrogen-bond donors (Lipinski definition) is 2. The van der Waals surface area contributed by atoms with Crippen LogP contribution in [0.1, 0.15) is 47.0 Å². The van der Waals surface area contributed by atoms with Crippen LogP contribution < -0.4 is 10.6 Å². The van der Waals surface area contributed by atoms with Crippen molar-refractivity contribution in [2.45, 2.75) is 58.0 Å². The third kappa shape index (κ3) is 2.05. The first-order valence-corrected chi connectivity index (χ1v) is 5.93. The maximum Gasteiger partial charge on any atom is 0.0204 e. The van der Waals surface area contributed by atoms with Crippen LogP contribution in [0.2, 0.25) is 0 Å². The fourth-order valence-corrected chi connectivity index (χ4v) is 3.45. The van der Waals surface area contributed by atoms with E-state index in [0.29, 0.717) is 11.0 Å². The predicted molar refractivity (Wildman–Crippen MR) is 64.7 cm³/mol. The summed E-state index contributed by atoms with van der Waals surface area (Å²) in [7, 11) is 0. The molecule has 3 aliphatic carbocycles. The molecule has 2 nitrogen and oxygen atoms in total. The highest BCUT2D eigenvalue weighted by molar-refractivity contribution is 5.25. The second-order valence-corrected chi connectivity index (χ2v) is 6.82. The lowest BCUT2D eigenvalue weighted by Crippen LogP contribution is -2.78. The molecule has 0 aromatic carbocycles. The zero-order valence-electron chi connectivity index (χ0n) is 10.5. The molecule has 2 bridgehead atoms. The maximum absolute atomic E-state index is 3.88. The Morgan fingerprint density at radius 1 is 1.27 bits per heavy atom. The first-order valence-electron chi connectivity index (χ1n) is 5.93. The highest BCUT2D eigenvalue weighted by Crippen LogP contribution is 2.67. The molecular weight excluding hydrogens is 184 g/mol. The van der Waals surface area contributed by atoms with Crippen molar-refractivity contribution in [1.82, 2.24) is 10.6 Å². The Morgan fingerprint density at radius 3 is 2.20 bits per heavy atom. The number of allylic oxidation sites excluding steroid dienone is 1. The maximum atomic E-state index is 3.88. The summed E-state index contributed by atoms with van der Waals surface area (Å²) >= 11 is 0. The van der Waals surface area contributed by atoms with Crippen LogP contribution in [0.5, 0.6) is 0 Å². The van der Waals surface area contributed by atoms with Crippen LogP contribution in [0.4, 0.5) is 0 Å². The van der Waals surface area contributed by atoms with Crippen molar-refractivity contribution in [2.24, 2.45) is 5.41 Å². The van der Waals surface area contributed by atoms with Gasteiger partial charge in [-0.15, -0.1) is 0 Å². The van der Waals surface area contributed by atoms with E-state index in [-0.39, 0.29) is 5.54 Å². The van der Waals surface area contributed by atoms with Gasteiger partial charge in [0.1, 0.15) is 0 Å². The van der Waals surface area contributed by atoms with Crippen LogP contribution in [0.3, 0.4) is 0 Å². The summed E-state index contributed by atoms with van der Waals surface area (Å²) in [5.74, 6) is 0. The zero-order valence-corrected chi connectivity index (χ0v) is 10.5. The van der Waals surface area contributed by atoms with E-state index in [0.717, 1.165) is 12.2 Å². The second-order valence-electron chi connectivity index (χ2n) is 6.82. The van der Waals surface area contributed by atoms with Crippen LogP contribution in [-0.4, -0.2) is 17.6 Å². The predicted octanol–water partition coefficient (Wildman–Crippen LogP) is 2.42. The van der Waals surface area contributed by atoms with Gasteiger partial charge >= 0.3 is 0 Å². The zero-order chi connectivity index (χ0) is 11.3. The topological polar surface area (TPSA) is 24.1 Å². The van der Waals surface area contributed by atoms with Gasteiger partial charge in [0.25, 0.3) is 0 Å². The van der Waals surface area contributed by atoms with E-state index in [1.165, 1.54) is 19.3 Å². The standard InChI is InChI=1S/C13H24N2/c1-10(2)14-9-12-6-13(7-12,8-12)15-11(3,4)5/h14-15H,1,6-9H2,2-5H3. The third-order valence-electron chi connectivity index (χ3n) is 3.55. The minimum absolute atomic E-state index is 0.258. The molecule has 0 radical (unpaired) electrons. The number of nitrogens with one attached hydrogen (secondary N) is 2. The number of rotatable bonds is 4. The minimum atomic E-state index is 0.258. The van der Waals surface area contributed by atoms with Crippen LogP contribution in [0, 0.1) is 5.41 Å². The van der Waals surface area contributed by atoms with E-state index < -0.39 is 0 Å². The fraction of sp³-hybridized carbons (Fsp3) is 0.846. The Labute approximate surface area is 93.5 Å². The monoisotopic (exact) mass is 208 g/mol. The molecule has 0 spiro atoms. The molecule has 0 aliphatic heterocycles. The van der Waals surface area contributed by atoms with E-state index in [9.17, 15) is 0 Å². The summed E-state index contributed by atoms with van der Waals surface area (Å²) in [5, 5.41) is 7.14. The van der Waals surface area contributed by atoms with Gasteiger partial charge in [0.05, 0.1) is 0 Å². The van der Waals surface area contributed by atoms with E-state index >= 15 is 0 Å². The summed E-state index contributed by atoms with van der Waals surface area (Å²) in [6, 6.07) is 0. The Bertz CT molecular complexity index is 266. The van der Waals surface area contributed by atoms with Gasteiger partial charge < -0.3 is 10.6 Å². The molecule has 0 atom stereocenters. The van der Waals surface area contributed by atoms with Crippen LogP contribution in [-0.2, 0) is 0 Å². The molecule has 3 rings (SSSR count). The molecule has 86 valence electrons. The van der Waals surface area contributed by atoms with Crippen LogP contribution in [0.25, 0.3) is 0 Å². The van der Waals surface area contributed by atoms with Crippen molar-refractivity contribution in [1.29, 1.82) is 0 Å². The summed E-state index contributed by atoms with van der Waals surface area (Å²) in [6.07, 6.45) is 4.03. The van der Waals surface area contributed by atoms with Gasteiger partial charge in [-0.2, -0.15) is 0 Å². The van der Waals surface area contributed by atoms with Crippen molar-refractivity contribution in [3.8, 4) is 0 Å². The first kappa shape index (κ1) is 11.0. The molecule has 0 saturated heterocycles. The van der Waals surface area contributed by atoms with Gasteiger partial charge in [0.15, 0.2) is 0 Å². The SMILES string of the molecule is C=C(C)NCC12CC(NC(C)(C)C)(C1)C2. The van der Waals surface area contributed by atoms with Gasteiger partial charge in [0, 0.05) is 23.3 Å². The van der Waals surface area contributed by atoms with E-state index in [2.05, 4.69) is 38.0 Å². The quantitative estimate of drug-likeness (QED) is 0.741. The Hall–Kier alpha value is -0.500. The largest absolute Gasteiger partial charge is 0.388 e. The summed E-state index contributed by atoms with van der Waals surface area (Å²) in [6.45, 7) is 13.8. The van der Waals surface area contributed by atoms with E-state index in [1.54, 1.807) is 0 Å². The van der Waals surface area contributed by atoms with Crippen molar-refractivity contribution >= 4 is 0 Å². The van der Waals surface area contributed by atoms with Crippen molar-refractivity contribution in [3.63, 3.8) is 0 Å². The minimum Gasteiger partial charge on any atom is -0.388 e. The van der Waals surface area contributed by atoms with Crippen molar-refractivity contribution in [2.75, 3.05) is 6.54 Å². The smallest absolute Gasteiger partial charge is 0.0204 e. The van der Waals surface area contributed by atoms with Gasteiger partial charge in [-0.3, -0.25) is 0 Å².